The maximum atomic E-state index is 12.2. The Bertz CT molecular complexity index is 652. The van der Waals surface area contributed by atoms with Gasteiger partial charge in [-0.1, -0.05) is 49.4 Å². The second kappa shape index (κ2) is 7.82. The summed E-state index contributed by atoms with van der Waals surface area (Å²) < 4.78 is 5.81. The lowest BCUT2D eigenvalue weighted by molar-refractivity contribution is -0.127. The van der Waals surface area contributed by atoms with Gasteiger partial charge in [-0.15, -0.1) is 0 Å². The van der Waals surface area contributed by atoms with Gasteiger partial charge in [0.2, 0.25) is 0 Å². The topological polar surface area (TPSA) is 38.3 Å². The highest BCUT2D eigenvalue weighted by Crippen LogP contribution is 2.21. The average Bonchev–Trinajstić information content (AvgIpc) is 2.57. The lowest BCUT2D eigenvalue weighted by Gasteiger charge is -2.19. The van der Waals surface area contributed by atoms with Gasteiger partial charge in [0.15, 0.2) is 6.10 Å². The van der Waals surface area contributed by atoms with Crippen molar-refractivity contribution in [2.75, 3.05) is 6.54 Å². The van der Waals surface area contributed by atoms with Crippen LogP contribution >= 0.6 is 0 Å². The van der Waals surface area contributed by atoms with E-state index >= 15 is 0 Å². The second-order valence-corrected chi connectivity index (χ2v) is 6.02. The minimum absolute atomic E-state index is 0.0892. The highest BCUT2D eigenvalue weighted by atomic mass is 16.5. The fraction of sp³-hybridized carbons (Fsp3) is 0.350. The molecule has 2 atom stereocenters. The van der Waals surface area contributed by atoms with Crippen molar-refractivity contribution in [2.24, 2.45) is 0 Å². The van der Waals surface area contributed by atoms with Crippen LogP contribution in [0.15, 0.2) is 48.5 Å². The molecule has 0 aromatic heterocycles. The van der Waals surface area contributed by atoms with E-state index < -0.39 is 6.10 Å². The summed E-state index contributed by atoms with van der Waals surface area (Å²) in [4.78, 5) is 12.2. The summed E-state index contributed by atoms with van der Waals surface area (Å²) in [5.74, 6) is 0.950. The van der Waals surface area contributed by atoms with E-state index in [2.05, 4.69) is 24.4 Å². The van der Waals surface area contributed by atoms with Gasteiger partial charge in [0.1, 0.15) is 5.75 Å². The maximum absolute atomic E-state index is 12.2. The quantitative estimate of drug-likeness (QED) is 0.876. The minimum atomic E-state index is -0.515. The van der Waals surface area contributed by atoms with Crippen LogP contribution in [0.2, 0.25) is 0 Å². The molecule has 23 heavy (non-hydrogen) atoms. The number of hydrogen-bond acceptors (Lipinski definition) is 2. The van der Waals surface area contributed by atoms with E-state index in [0.717, 1.165) is 16.9 Å². The summed E-state index contributed by atoms with van der Waals surface area (Å²) in [7, 11) is 0. The van der Waals surface area contributed by atoms with Crippen molar-refractivity contribution in [3.8, 4) is 5.75 Å². The van der Waals surface area contributed by atoms with E-state index in [1.165, 1.54) is 5.56 Å². The lowest BCUT2D eigenvalue weighted by Crippen LogP contribution is -2.38. The Morgan fingerprint density at radius 3 is 2.43 bits per heavy atom. The molecule has 0 saturated carbocycles. The molecule has 0 saturated heterocycles. The third kappa shape index (κ3) is 4.59. The third-order valence-electron chi connectivity index (χ3n) is 4.18. The van der Waals surface area contributed by atoms with Gasteiger partial charge < -0.3 is 10.1 Å². The van der Waals surface area contributed by atoms with Crippen LogP contribution in [0, 0.1) is 13.8 Å². The molecule has 0 spiro atoms. The van der Waals surface area contributed by atoms with E-state index in [0.29, 0.717) is 6.54 Å². The van der Waals surface area contributed by atoms with Gasteiger partial charge >= 0.3 is 0 Å². The molecule has 0 aliphatic heterocycles. The van der Waals surface area contributed by atoms with Crippen molar-refractivity contribution in [1.82, 2.24) is 5.32 Å². The van der Waals surface area contributed by atoms with Crippen LogP contribution in [0.25, 0.3) is 0 Å². The van der Waals surface area contributed by atoms with Crippen LogP contribution in [0.4, 0.5) is 0 Å². The Morgan fingerprint density at radius 2 is 1.74 bits per heavy atom. The number of hydrogen-bond donors (Lipinski definition) is 1. The second-order valence-electron chi connectivity index (χ2n) is 6.02. The predicted octanol–water partition coefficient (Wildman–Crippen LogP) is 3.99. The number of nitrogens with one attached hydrogen (secondary N) is 1. The molecule has 1 amide bonds. The van der Waals surface area contributed by atoms with E-state index in [-0.39, 0.29) is 11.8 Å². The molecule has 0 aliphatic rings. The highest BCUT2D eigenvalue weighted by molar-refractivity contribution is 5.80. The number of carbonyl (C=O) groups excluding carboxylic acids is 1. The number of aryl methyl sites for hydroxylation is 1. The Kier molecular flexibility index (Phi) is 5.80. The molecule has 1 N–H and O–H groups in total. The largest absolute Gasteiger partial charge is 0.481 e. The van der Waals surface area contributed by atoms with Crippen LogP contribution in [0.5, 0.6) is 5.75 Å². The highest BCUT2D eigenvalue weighted by Gasteiger charge is 2.17. The van der Waals surface area contributed by atoms with E-state index in [4.69, 9.17) is 4.74 Å². The van der Waals surface area contributed by atoms with Crippen LogP contribution in [0.3, 0.4) is 0 Å². The molecule has 0 aliphatic carbocycles. The number of amides is 1. The van der Waals surface area contributed by atoms with Crippen LogP contribution in [0.1, 0.15) is 36.5 Å². The standard InChI is InChI=1S/C20H25NO2/c1-14-9-8-12-19(16(14)3)23-17(4)20(22)21-13-15(2)18-10-6-5-7-11-18/h5-12,15,17H,13H2,1-4H3,(H,21,22). The molecule has 0 fully saturated rings. The molecule has 0 radical (unpaired) electrons. The van der Waals surface area contributed by atoms with Crippen molar-refractivity contribution < 1.29 is 9.53 Å². The van der Waals surface area contributed by atoms with Crippen molar-refractivity contribution in [1.29, 1.82) is 0 Å². The molecular weight excluding hydrogens is 286 g/mol. The monoisotopic (exact) mass is 311 g/mol. The fourth-order valence-corrected chi connectivity index (χ4v) is 2.39. The first-order valence-electron chi connectivity index (χ1n) is 8.04. The van der Waals surface area contributed by atoms with Gasteiger partial charge in [-0.2, -0.15) is 0 Å². The van der Waals surface area contributed by atoms with Crippen LogP contribution in [-0.4, -0.2) is 18.6 Å². The van der Waals surface area contributed by atoms with Gasteiger partial charge in [-0.3, -0.25) is 4.79 Å². The van der Waals surface area contributed by atoms with Crippen LogP contribution in [-0.2, 0) is 4.79 Å². The summed E-state index contributed by atoms with van der Waals surface area (Å²) >= 11 is 0. The molecule has 0 bridgehead atoms. The first-order valence-corrected chi connectivity index (χ1v) is 8.04. The normalized spacial score (nSPS) is 13.2. The molecule has 2 aromatic carbocycles. The average molecular weight is 311 g/mol. The molecular formula is C20H25NO2. The fourth-order valence-electron chi connectivity index (χ4n) is 2.39. The van der Waals surface area contributed by atoms with Gasteiger partial charge in [-0.05, 0) is 49.4 Å². The summed E-state index contributed by atoms with van der Waals surface area (Å²) in [6.45, 7) is 8.53. The number of carbonyl (C=O) groups is 1. The Hall–Kier alpha value is -2.29. The molecule has 3 nitrogen and oxygen atoms in total. The molecule has 3 heteroatoms. The zero-order valence-corrected chi connectivity index (χ0v) is 14.3. The van der Waals surface area contributed by atoms with Gasteiger partial charge in [0.25, 0.3) is 5.91 Å². The lowest BCUT2D eigenvalue weighted by atomic mass is 10.0. The summed E-state index contributed by atoms with van der Waals surface area (Å²) in [5.41, 5.74) is 3.45. The first-order chi connectivity index (χ1) is 11.0. The van der Waals surface area contributed by atoms with E-state index in [1.807, 2.05) is 50.2 Å². The smallest absolute Gasteiger partial charge is 0.260 e. The zero-order chi connectivity index (χ0) is 16.8. The number of ether oxygens (including phenoxy) is 1. The number of rotatable bonds is 6. The molecule has 2 rings (SSSR count). The van der Waals surface area contributed by atoms with Gasteiger partial charge in [0, 0.05) is 6.54 Å². The minimum Gasteiger partial charge on any atom is -0.481 e. The first kappa shape index (κ1) is 17.1. The Morgan fingerprint density at radius 1 is 1.04 bits per heavy atom. The SMILES string of the molecule is Cc1cccc(OC(C)C(=O)NCC(C)c2ccccc2)c1C. The maximum Gasteiger partial charge on any atom is 0.260 e. The van der Waals surface area contributed by atoms with E-state index in [9.17, 15) is 4.79 Å². The third-order valence-corrected chi connectivity index (χ3v) is 4.18. The molecule has 2 unspecified atom stereocenters. The van der Waals surface area contributed by atoms with Crippen molar-refractivity contribution in [3.63, 3.8) is 0 Å². The predicted molar refractivity (Wildman–Crippen MR) is 93.9 cm³/mol. The molecule has 0 heterocycles. The van der Waals surface area contributed by atoms with Gasteiger partial charge in [-0.25, -0.2) is 0 Å². The van der Waals surface area contributed by atoms with Gasteiger partial charge in [0.05, 0.1) is 0 Å². The Balaban J connectivity index is 1.89. The zero-order valence-electron chi connectivity index (χ0n) is 14.3. The summed E-state index contributed by atoms with van der Waals surface area (Å²) in [5, 5.41) is 2.97. The number of benzene rings is 2. The van der Waals surface area contributed by atoms with Crippen molar-refractivity contribution in [2.45, 2.75) is 39.7 Å². The molecule has 2 aromatic rings. The van der Waals surface area contributed by atoms with E-state index in [1.54, 1.807) is 6.92 Å². The van der Waals surface area contributed by atoms with Crippen LogP contribution < -0.4 is 10.1 Å². The van der Waals surface area contributed by atoms with Crippen molar-refractivity contribution in [3.05, 3.63) is 65.2 Å². The Labute approximate surface area is 138 Å². The summed E-state index contributed by atoms with van der Waals surface area (Å²) in [6, 6.07) is 16.1. The van der Waals surface area contributed by atoms with Crippen molar-refractivity contribution >= 4 is 5.91 Å². The molecule has 122 valence electrons. The summed E-state index contributed by atoms with van der Waals surface area (Å²) in [6.07, 6.45) is -0.515.